The Labute approximate surface area is 252 Å². The van der Waals surface area contributed by atoms with Crippen LogP contribution < -0.4 is 10.1 Å². The lowest BCUT2D eigenvalue weighted by Gasteiger charge is -2.18. The summed E-state index contributed by atoms with van der Waals surface area (Å²) < 4.78 is 33.1. The van der Waals surface area contributed by atoms with Gasteiger partial charge in [0, 0.05) is 26.1 Å². The monoisotopic (exact) mass is 598 g/mol. The van der Waals surface area contributed by atoms with Crippen LogP contribution in [0.5, 0.6) is 5.75 Å². The molecule has 1 aliphatic heterocycles. The van der Waals surface area contributed by atoms with E-state index in [-0.39, 0.29) is 32.2 Å². The van der Waals surface area contributed by atoms with E-state index in [1.807, 2.05) is 36.1 Å². The van der Waals surface area contributed by atoms with Crippen molar-refractivity contribution in [3.63, 3.8) is 0 Å². The van der Waals surface area contributed by atoms with Crippen molar-refractivity contribution < 1.29 is 23.7 Å². The maximum atomic E-state index is 13.5. The number of nitrogens with one attached hydrogen (secondary N) is 1. The molecule has 0 atom stereocenters. The average Bonchev–Trinajstić information content (AvgIpc) is 3.32. The van der Waals surface area contributed by atoms with Gasteiger partial charge in [-0.1, -0.05) is 60.2 Å². The Morgan fingerprint density at radius 2 is 1.74 bits per heavy atom. The third-order valence-corrected chi connectivity index (χ3v) is 8.36. The fraction of sp³-hybridized carbons (Fsp3) is 0.412. The molecule has 0 saturated carbocycles. The minimum atomic E-state index is -2.55. The molecule has 1 heterocycles. The van der Waals surface area contributed by atoms with Crippen molar-refractivity contribution in [1.82, 2.24) is 10.2 Å². The second kappa shape index (κ2) is 14.6. The van der Waals surface area contributed by atoms with E-state index >= 15 is 0 Å². The Kier molecular flexibility index (Phi) is 11.1. The van der Waals surface area contributed by atoms with Gasteiger partial charge in [-0.05, 0) is 83.8 Å². The highest BCUT2D eigenvalue weighted by Crippen LogP contribution is 2.33. The van der Waals surface area contributed by atoms with Crippen LogP contribution in [0.3, 0.4) is 0 Å². The van der Waals surface area contributed by atoms with Gasteiger partial charge in [0.05, 0.1) is 30.8 Å². The van der Waals surface area contributed by atoms with Crippen LogP contribution in [0, 0.1) is 20.8 Å². The van der Waals surface area contributed by atoms with Crippen LogP contribution in [0.25, 0.3) is 17.2 Å². The summed E-state index contributed by atoms with van der Waals surface area (Å²) in [6.45, 7) is 7.70. The van der Waals surface area contributed by atoms with E-state index in [2.05, 4.69) is 55.6 Å². The Bertz CT molecular complexity index is 1390. The van der Waals surface area contributed by atoms with Crippen molar-refractivity contribution in [2.45, 2.75) is 58.7 Å². The van der Waals surface area contributed by atoms with Crippen molar-refractivity contribution >= 4 is 17.7 Å². The van der Waals surface area contributed by atoms with Crippen molar-refractivity contribution in [3.8, 4) is 16.9 Å². The number of aliphatic hydroxyl groups excluding tert-OH is 2. The minimum Gasteiger partial charge on any atom is -0.487 e. The van der Waals surface area contributed by atoms with Crippen LogP contribution in [-0.2, 0) is 13.2 Å². The number of aryl methyl sites for hydroxylation is 1. The molecule has 8 heteroatoms. The fourth-order valence-corrected chi connectivity index (χ4v) is 5.56. The number of nitrogens with zero attached hydrogens (tertiary/aromatic N) is 1. The number of ether oxygens (including phenoxy) is 1. The average molecular weight is 599 g/mol. The van der Waals surface area contributed by atoms with Gasteiger partial charge < -0.3 is 20.3 Å². The fourth-order valence-electron chi connectivity index (χ4n) is 5.32. The van der Waals surface area contributed by atoms with Crippen LogP contribution in [0.1, 0.15) is 46.2 Å². The normalized spacial score (nSPS) is 15.3. The van der Waals surface area contributed by atoms with E-state index in [9.17, 15) is 19.0 Å². The predicted octanol–water partition coefficient (Wildman–Crippen LogP) is 6.70. The number of alkyl halides is 2. The van der Waals surface area contributed by atoms with Crippen molar-refractivity contribution in [2.75, 3.05) is 32.8 Å². The maximum Gasteiger partial charge on any atom is 0.261 e. The summed E-state index contributed by atoms with van der Waals surface area (Å²) >= 11 is 6.56. The van der Waals surface area contributed by atoms with Gasteiger partial charge in [-0.25, -0.2) is 8.78 Å². The first-order valence-electron chi connectivity index (χ1n) is 14.4. The first kappa shape index (κ1) is 32.1. The van der Waals surface area contributed by atoms with E-state index in [0.29, 0.717) is 37.0 Å². The smallest absolute Gasteiger partial charge is 0.261 e. The molecule has 42 heavy (non-hydrogen) atoms. The van der Waals surface area contributed by atoms with Gasteiger partial charge >= 0.3 is 0 Å². The van der Waals surface area contributed by atoms with Crippen LogP contribution in [0.15, 0.2) is 54.6 Å². The number of aliphatic hydroxyl groups is 2. The summed E-state index contributed by atoms with van der Waals surface area (Å²) in [6.07, 6.45) is 4.85. The van der Waals surface area contributed by atoms with Crippen LogP contribution in [-0.4, -0.2) is 59.9 Å². The van der Waals surface area contributed by atoms with Gasteiger partial charge in [0.15, 0.2) is 0 Å². The molecule has 1 aliphatic rings. The zero-order valence-corrected chi connectivity index (χ0v) is 25.4. The topological polar surface area (TPSA) is 65.0 Å². The highest BCUT2D eigenvalue weighted by atomic mass is 35.5. The Hall–Kier alpha value is -2.81. The van der Waals surface area contributed by atoms with Crippen molar-refractivity contribution in [3.05, 3.63) is 93.0 Å². The molecule has 5 nitrogen and oxygen atoms in total. The van der Waals surface area contributed by atoms with Gasteiger partial charge in [-0.2, -0.15) is 0 Å². The number of halogens is 3. The molecule has 3 aromatic rings. The van der Waals surface area contributed by atoms with Gasteiger partial charge in [0.2, 0.25) is 0 Å². The molecule has 0 amide bonds. The van der Waals surface area contributed by atoms with E-state index in [4.69, 9.17) is 16.3 Å². The molecular weight excluding hydrogens is 558 g/mol. The molecule has 0 bridgehead atoms. The van der Waals surface area contributed by atoms with Gasteiger partial charge in [0.1, 0.15) is 12.4 Å². The molecule has 0 aliphatic carbocycles. The SMILES string of the molecule is Cc1cc(OCc2cccc(-c3cccc(/C=C/CCN4CCC(F)(F)C4)c3C)c2C)c(Cl)cc1CNC(CO)CO. The molecule has 0 unspecified atom stereocenters. The Morgan fingerprint density at radius 1 is 1.02 bits per heavy atom. The number of hydrogen-bond donors (Lipinski definition) is 3. The molecule has 3 N–H and O–H groups in total. The summed E-state index contributed by atoms with van der Waals surface area (Å²) in [5, 5.41) is 22.2. The third-order valence-electron chi connectivity index (χ3n) is 8.07. The molecule has 0 spiro atoms. The first-order valence-corrected chi connectivity index (χ1v) is 14.8. The number of rotatable bonds is 13. The standard InChI is InChI=1S/C34H41ClF2N2O3/c1-23-16-33(32(35)17-28(23)18-38-29(19-40)20-41)42-21-27-10-7-12-31(25(27)3)30-11-6-9-26(24(30)2)8-4-5-14-39-15-13-34(36,37)22-39/h4,6-12,16-17,29,38,40-41H,5,13-15,18-22H2,1-3H3/b8-4+. The maximum absolute atomic E-state index is 13.5. The summed E-state index contributed by atoms with van der Waals surface area (Å²) in [6, 6.07) is 15.9. The zero-order chi connectivity index (χ0) is 30.3. The van der Waals surface area contributed by atoms with E-state index in [1.54, 1.807) is 0 Å². The number of likely N-dealkylation sites (tertiary alicyclic amines) is 1. The molecular formula is C34H41ClF2N2O3. The van der Waals surface area contributed by atoms with Gasteiger partial charge in [-0.3, -0.25) is 4.90 Å². The zero-order valence-electron chi connectivity index (χ0n) is 24.6. The summed E-state index contributed by atoms with van der Waals surface area (Å²) in [5.41, 5.74) is 8.71. The van der Waals surface area contributed by atoms with E-state index in [1.165, 1.54) is 0 Å². The molecule has 0 radical (unpaired) electrons. The van der Waals surface area contributed by atoms with Crippen LogP contribution in [0.4, 0.5) is 8.78 Å². The summed E-state index contributed by atoms with van der Waals surface area (Å²) in [4.78, 5) is 1.83. The van der Waals surface area contributed by atoms with Crippen LogP contribution >= 0.6 is 11.6 Å². The second-order valence-electron chi connectivity index (χ2n) is 11.1. The highest BCUT2D eigenvalue weighted by Gasteiger charge is 2.37. The quantitative estimate of drug-likeness (QED) is 0.204. The predicted molar refractivity (Wildman–Crippen MR) is 166 cm³/mol. The largest absolute Gasteiger partial charge is 0.487 e. The van der Waals surface area contributed by atoms with Gasteiger partial charge in [-0.15, -0.1) is 0 Å². The summed E-state index contributed by atoms with van der Waals surface area (Å²) in [7, 11) is 0. The Morgan fingerprint density at radius 3 is 2.43 bits per heavy atom. The van der Waals surface area contributed by atoms with E-state index < -0.39 is 5.92 Å². The van der Waals surface area contributed by atoms with E-state index in [0.717, 1.165) is 50.9 Å². The Balaban J connectivity index is 1.43. The van der Waals surface area contributed by atoms with Crippen LogP contribution in [0.2, 0.25) is 5.02 Å². The second-order valence-corrected chi connectivity index (χ2v) is 11.5. The molecule has 1 saturated heterocycles. The molecule has 3 aromatic carbocycles. The molecule has 0 aromatic heterocycles. The lowest BCUT2D eigenvalue weighted by molar-refractivity contribution is 0.0124. The lowest BCUT2D eigenvalue weighted by atomic mass is 9.91. The molecule has 4 rings (SSSR count). The van der Waals surface area contributed by atoms with Crippen molar-refractivity contribution in [1.29, 1.82) is 0 Å². The highest BCUT2D eigenvalue weighted by molar-refractivity contribution is 6.32. The number of hydrogen-bond acceptors (Lipinski definition) is 5. The first-order chi connectivity index (χ1) is 20.1. The lowest BCUT2D eigenvalue weighted by Crippen LogP contribution is -2.35. The van der Waals surface area contributed by atoms with Gasteiger partial charge in [0.25, 0.3) is 5.92 Å². The summed E-state index contributed by atoms with van der Waals surface area (Å²) in [5.74, 6) is -1.95. The molecule has 1 fully saturated rings. The molecule has 226 valence electrons. The minimum absolute atomic E-state index is 0.0450. The third kappa shape index (κ3) is 8.17. The van der Waals surface area contributed by atoms with Crippen molar-refractivity contribution in [2.24, 2.45) is 0 Å². The number of benzene rings is 3.